The van der Waals surface area contributed by atoms with Gasteiger partial charge in [0.25, 0.3) is 0 Å². The number of aliphatic hydroxyl groups is 1. The zero-order chi connectivity index (χ0) is 41.0. The maximum absolute atomic E-state index is 11.5. The fraction of sp³-hybridized carbons (Fsp3) is 0.561. The number of rotatable bonds is 12. The van der Waals surface area contributed by atoms with Gasteiger partial charge in [-0.15, -0.1) is 6.58 Å². The summed E-state index contributed by atoms with van der Waals surface area (Å²) >= 11 is 0. The normalized spacial score (nSPS) is 13.9. The van der Waals surface area contributed by atoms with E-state index < -0.39 is 41.7 Å². The van der Waals surface area contributed by atoms with Crippen LogP contribution in [0.1, 0.15) is 100 Å². The highest BCUT2D eigenvalue weighted by Gasteiger charge is 2.34. The van der Waals surface area contributed by atoms with Crippen molar-refractivity contribution in [1.82, 2.24) is 4.98 Å². The van der Waals surface area contributed by atoms with Gasteiger partial charge in [-0.2, -0.15) is 0 Å². The molecule has 54 heavy (non-hydrogen) atoms. The smallest absolute Gasteiger partial charge is 0.345 e. The Morgan fingerprint density at radius 2 is 1.28 bits per heavy atom. The molecule has 3 rings (SSSR count). The summed E-state index contributed by atoms with van der Waals surface area (Å²) < 4.78 is 14.3. The van der Waals surface area contributed by atoms with E-state index >= 15 is 0 Å². The Balaban J connectivity index is -0.000000620. The number of nitrogens with zero attached hydrogens (tertiary/aromatic N) is 4. The molecule has 0 aromatic carbocycles. The lowest BCUT2D eigenvalue weighted by Gasteiger charge is -2.24. The van der Waals surface area contributed by atoms with Gasteiger partial charge in [-0.05, 0) is 98.3 Å². The van der Waals surface area contributed by atoms with Crippen molar-refractivity contribution in [2.75, 3.05) is 32.2 Å². The SMILES string of the molecule is C.C=C(C)C(=O)OCC(=O)O.C=CC1(O)CCCC1.C=CC1(OC(=O)COC(=O)C(=C)C)CCCC1.CC(C)N=C=NC(C)C.CN(C)c1ccncc1. The molecule has 2 aliphatic carbocycles. The van der Waals surface area contributed by atoms with Crippen molar-refractivity contribution >= 4 is 35.6 Å². The molecule has 304 valence electrons. The molecule has 13 nitrogen and oxygen atoms in total. The van der Waals surface area contributed by atoms with Crippen molar-refractivity contribution in [1.29, 1.82) is 0 Å². The monoisotopic (exact) mass is 758 g/mol. The zero-order valence-corrected chi connectivity index (χ0v) is 33.1. The zero-order valence-electron chi connectivity index (χ0n) is 33.1. The molecule has 0 aliphatic heterocycles. The van der Waals surface area contributed by atoms with E-state index in [-0.39, 0.29) is 25.2 Å². The van der Waals surface area contributed by atoms with Gasteiger partial charge in [0.1, 0.15) is 5.60 Å². The quantitative estimate of drug-likeness (QED) is 0.0706. The Morgan fingerprint density at radius 1 is 0.852 bits per heavy atom. The second-order valence-corrected chi connectivity index (χ2v) is 13.2. The molecule has 0 atom stereocenters. The molecule has 2 saturated carbocycles. The standard InChI is InChI=1S/C13H18O4.C7H10N2.C7H14N2.C7H12O.C6H8O4.CH4/c1-4-13(7-5-6-8-13)17-11(14)9-16-12(15)10(2)3;1-9(2)7-3-5-8-6-4-7;1-6(2)8-5-9-7(3)4;1-2-7(8)5-3-4-6-7;1-4(2)6(9)10-3-5(7)8;/h4H,1-2,5-9H2,3H3;3-6H,1-2H3;6-7H,1-4H3;2,8H,1,3-6H2;1,3H2,2H3,(H,7,8);1H4. The van der Waals surface area contributed by atoms with Crippen molar-refractivity contribution in [3.63, 3.8) is 0 Å². The Hall–Kier alpha value is -4.87. The maximum Gasteiger partial charge on any atom is 0.345 e. The van der Waals surface area contributed by atoms with Crippen molar-refractivity contribution < 1.29 is 43.6 Å². The van der Waals surface area contributed by atoms with Gasteiger partial charge in [-0.3, -0.25) is 4.98 Å². The van der Waals surface area contributed by atoms with E-state index in [1.807, 2.05) is 58.8 Å². The summed E-state index contributed by atoms with van der Waals surface area (Å²) in [6.07, 6.45) is 14.7. The number of anilines is 1. The first kappa shape index (κ1) is 53.5. The predicted octanol–water partition coefficient (Wildman–Crippen LogP) is 7.58. The molecule has 1 aromatic rings. The molecule has 1 heterocycles. The topological polar surface area (TPSA) is 177 Å². The molecule has 0 saturated heterocycles. The molecule has 0 bridgehead atoms. The van der Waals surface area contributed by atoms with Crippen LogP contribution < -0.4 is 4.90 Å². The molecule has 0 unspecified atom stereocenters. The highest BCUT2D eigenvalue weighted by molar-refractivity contribution is 5.89. The summed E-state index contributed by atoms with van der Waals surface area (Å²) in [5.74, 6) is -2.97. The Kier molecular flexibility index (Phi) is 29.3. The average molecular weight is 759 g/mol. The number of hydrogen-bond acceptors (Lipinski definition) is 12. The maximum atomic E-state index is 11.5. The summed E-state index contributed by atoms with van der Waals surface area (Å²) in [6.45, 7) is 23.9. The molecule has 2 fully saturated rings. The van der Waals surface area contributed by atoms with Gasteiger partial charge in [0.05, 0.1) is 23.7 Å². The van der Waals surface area contributed by atoms with Crippen molar-refractivity contribution in [2.45, 2.75) is 124 Å². The van der Waals surface area contributed by atoms with Crippen molar-refractivity contribution in [3.05, 3.63) is 74.1 Å². The first-order valence-electron chi connectivity index (χ1n) is 17.5. The van der Waals surface area contributed by atoms with Crippen LogP contribution in [-0.4, -0.2) is 95.7 Å². The van der Waals surface area contributed by atoms with Crippen molar-refractivity contribution in [2.24, 2.45) is 9.98 Å². The third-order valence-electron chi connectivity index (χ3n) is 7.14. The van der Waals surface area contributed by atoms with Gasteiger partial charge in [0, 0.05) is 43.3 Å². The van der Waals surface area contributed by atoms with Gasteiger partial charge in [-0.1, -0.05) is 46.1 Å². The second kappa shape index (κ2) is 29.6. The number of esters is 3. The minimum atomic E-state index is -1.17. The highest BCUT2D eigenvalue weighted by Crippen LogP contribution is 2.34. The minimum Gasteiger partial charge on any atom is -0.479 e. The first-order chi connectivity index (χ1) is 24.7. The van der Waals surface area contributed by atoms with E-state index in [4.69, 9.17) is 14.6 Å². The van der Waals surface area contributed by atoms with Crippen LogP contribution in [0.25, 0.3) is 0 Å². The van der Waals surface area contributed by atoms with Crippen LogP contribution in [-0.2, 0) is 33.4 Å². The van der Waals surface area contributed by atoms with Crippen LogP contribution >= 0.6 is 0 Å². The molecule has 13 heteroatoms. The lowest BCUT2D eigenvalue weighted by molar-refractivity contribution is -0.164. The van der Waals surface area contributed by atoms with Crippen LogP contribution in [0.5, 0.6) is 0 Å². The lowest BCUT2D eigenvalue weighted by Crippen LogP contribution is -2.31. The number of carbonyl (C=O) groups is 4. The summed E-state index contributed by atoms with van der Waals surface area (Å²) in [5.41, 5.74) is 0.579. The second-order valence-electron chi connectivity index (χ2n) is 13.2. The van der Waals surface area contributed by atoms with Gasteiger partial charge in [0.15, 0.2) is 13.2 Å². The Bertz CT molecular complexity index is 1360. The predicted molar refractivity (Wildman–Crippen MR) is 216 cm³/mol. The largest absolute Gasteiger partial charge is 0.479 e. The summed E-state index contributed by atoms with van der Waals surface area (Å²) in [4.78, 5) is 56.7. The van der Waals surface area contributed by atoms with E-state index in [1.165, 1.54) is 19.5 Å². The van der Waals surface area contributed by atoms with Gasteiger partial charge in [0.2, 0.25) is 0 Å². The van der Waals surface area contributed by atoms with Crippen LogP contribution in [0.3, 0.4) is 0 Å². The van der Waals surface area contributed by atoms with Crippen LogP contribution in [0.4, 0.5) is 5.69 Å². The fourth-order valence-electron chi connectivity index (χ4n) is 4.17. The average Bonchev–Trinajstić information content (AvgIpc) is 3.77. The van der Waals surface area contributed by atoms with E-state index in [2.05, 4.69) is 52.0 Å². The number of aliphatic carboxylic acids is 1. The first-order valence-corrected chi connectivity index (χ1v) is 17.5. The van der Waals surface area contributed by atoms with Gasteiger partial charge < -0.3 is 29.3 Å². The molecule has 0 radical (unpaired) electrons. The Morgan fingerprint density at radius 3 is 1.59 bits per heavy atom. The Labute approximate surface area is 323 Å². The molecule has 1 aromatic heterocycles. The number of carboxylic acids is 1. The van der Waals surface area contributed by atoms with Crippen LogP contribution in [0.15, 0.2) is 84.1 Å². The van der Waals surface area contributed by atoms with Gasteiger partial charge in [-0.25, -0.2) is 29.2 Å². The summed E-state index contributed by atoms with van der Waals surface area (Å²) in [7, 11) is 4.02. The van der Waals surface area contributed by atoms with E-state index in [0.29, 0.717) is 12.1 Å². The van der Waals surface area contributed by atoms with Crippen molar-refractivity contribution in [3.8, 4) is 0 Å². The summed E-state index contributed by atoms with van der Waals surface area (Å²) in [6, 6.07) is 7.20. The van der Waals surface area contributed by atoms with Crippen LogP contribution in [0, 0.1) is 0 Å². The minimum absolute atomic E-state index is 0. The number of aromatic nitrogens is 1. The number of carbonyl (C=O) groups excluding carboxylic acids is 3. The fourth-order valence-corrected chi connectivity index (χ4v) is 4.17. The van der Waals surface area contributed by atoms with E-state index in [0.717, 1.165) is 51.4 Å². The number of hydrogen-bond donors (Lipinski definition) is 2. The molecular formula is C41H66N4O9. The molecule has 2 N–H and O–H groups in total. The lowest BCUT2D eigenvalue weighted by atomic mass is 10.0. The third-order valence-corrected chi connectivity index (χ3v) is 7.14. The number of ether oxygens (including phenoxy) is 3. The van der Waals surface area contributed by atoms with E-state index in [9.17, 15) is 24.3 Å². The molecule has 2 aliphatic rings. The number of carboxylic acid groups (broad SMARTS) is 1. The number of aliphatic imine (C=N–C) groups is 2. The third kappa shape index (κ3) is 27.7. The number of pyridine rings is 1. The summed E-state index contributed by atoms with van der Waals surface area (Å²) in [5, 5.41) is 17.4. The van der Waals surface area contributed by atoms with E-state index in [1.54, 1.807) is 24.5 Å². The molecule has 0 amide bonds. The molecule has 0 spiro atoms. The van der Waals surface area contributed by atoms with Crippen LogP contribution in [0.2, 0.25) is 0 Å². The highest BCUT2D eigenvalue weighted by atomic mass is 16.6. The molecular weight excluding hydrogens is 692 g/mol. The van der Waals surface area contributed by atoms with Gasteiger partial charge >= 0.3 is 23.9 Å².